The Balaban J connectivity index is 1.59. The molecule has 3 aromatic carbocycles. The number of rotatable bonds is 6. The molecule has 4 rings (SSSR count). The fraction of sp³-hybridized carbons (Fsp3) is 0.136. The van der Waals surface area contributed by atoms with E-state index in [1.807, 2.05) is 67.6 Å². The SMILES string of the molecule is CCOc1ccc2ccccc2c1C(=O)Nc1nnc(Cc2ccccc2)o1. The van der Waals surface area contributed by atoms with Crippen LogP contribution in [0.3, 0.4) is 0 Å². The number of benzene rings is 3. The molecular formula is C22H19N3O3. The number of carbonyl (C=O) groups excluding carboxylic acids is 1. The van der Waals surface area contributed by atoms with Gasteiger partial charge in [0.05, 0.1) is 18.6 Å². The smallest absolute Gasteiger partial charge is 0.322 e. The van der Waals surface area contributed by atoms with E-state index in [9.17, 15) is 4.79 Å². The number of aromatic nitrogens is 2. The molecule has 0 saturated carbocycles. The average molecular weight is 373 g/mol. The van der Waals surface area contributed by atoms with Crippen molar-refractivity contribution >= 4 is 22.7 Å². The van der Waals surface area contributed by atoms with Crippen molar-refractivity contribution in [2.75, 3.05) is 11.9 Å². The number of nitrogens with zero attached hydrogens (tertiary/aromatic N) is 2. The summed E-state index contributed by atoms with van der Waals surface area (Å²) in [6.07, 6.45) is 0.502. The molecule has 28 heavy (non-hydrogen) atoms. The van der Waals surface area contributed by atoms with Crippen molar-refractivity contribution in [2.24, 2.45) is 0 Å². The van der Waals surface area contributed by atoms with Gasteiger partial charge >= 0.3 is 6.01 Å². The lowest BCUT2D eigenvalue weighted by Crippen LogP contribution is -2.14. The Morgan fingerprint density at radius 2 is 1.79 bits per heavy atom. The molecule has 0 aliphatic carbocycles. The molecule has 140 valence electrons. The van der Waals surface area contributed by atoms with Crippen LogP contribution in [-0.2, 0) is 6.42 Å². The summed E-state index contributed by atoms with van der Waals surface area (Å²) in [5.74, 6) is 0.599. The van der Waals surface area contributed by atoms with Crippen molar-refractivity contribution in [3.8, 4) is 5.75 Å². The first kappa shape index (κ1) is 17.7. The van der Waals surface area contributed by atoms with Gasteiger partial charge in [0.25, 0.3) is 5.91 Å². The molecule has 0 aliphatic rings. The third-order valence-electron chi connectivity index (χ3n) is 4.30. The van der Waals surface area contributed by atoms with Crippen LogP contribution in [0.1, 0.15) is 28.7 Å². The second-order valence-electron chi connectivity index (χ2n) is 6.21. The molecule has 1 aromatic heterocycles. The molecule has 0 saturated heterocycles. The van der Waals surface area contributed by atoms with Crippen molar-refractivity contribution in [1.82, 2.24) is 10.2 Å². The highest BCUT2D eigenvalue weighted by molar-refractivity contribution is 6.14. The quantitative estimate of drug-likeness (QED) is 0.540. The molecule has 0 unspecified atom stereocenters. The van der Waals surface area contributed by atoms with Gasteiger partial charge in [-0.25, -0.2) is 0 Å². The molecule has 1 N–H and O–H groups in total. The summed E-state index contributed by atoms with van der Waals surface area (Å²) in [7, 11) is 0. The van der Waals surface area contributed by atoms with E-state index in [0.29, 0.717) is 30.2 Å². The summed E-state index contributed by atoms with van der Waals surface area (Å²) < 4.78 is 11.3. The van der Waals surface area contributed by atoms with E-state index < -0.39 is 0 Å². The van der Waals surface area contributed by atoms with E-state index in [2.05, 4.69) is 15.5 Å². The van der Waals surface area contributed by atoms with Gasteiger partial charge in [-0.2, -0.15) is 0 Å². The van der Waals surface area contributed by atoms with Crippen LogP contribution in [0.4, 0.5) is 6.01 Å². The van der Waals surface area contributed by atoms with Gasteiger partial charge in [0.1, 0.15) is 5.75 Å². The summed E-state index contributed by atoms with van der Waals surface area (Å²) in [5.41, 5.74) is 1.50. The normalized spacial score (nSPS) is 10.8. The van der Waals surface area contributed by atoms with Gasteiger partial charge < -0.3 is 9.15 Å². The van der Waals surface area contributed by atoms with Gasteiger partial charge in [0.2, 0.25) is 5.89 Å². The average Bonchev–Trinajstić information content (AvgIpc) is 3.15. The van der Waals surface area contributed by atoms with Gasteiger partial charge in [0, 0.05) is 0 Å². The Hall–Kier alpha value is -3.67. The summed E-state index contributed by atoms with van der Waals surface area (Å²) in [6, 6.07) is 21.3. The molecule has 6 nitrogen and oxygen atoms in total. The van der Waals surface area contributed by atoms with Gasteiger partial charge in [-0.15, -0.1) is 5.10 Å². The zero-order chi connectivity index (χ0) is 19.3. The molecule has 1 amide bonds. The van der Waals surface area contributed by atoms with Gasteiger partial charge in [-0.05, 0) is 29.3 Å². The first-order valence-electron chi connectivity index (χ1n) is 9.07. The van der Waals surface area contributed by atoms with Crippen molar-refractivity contribution < 1.29 is 13.9 Å². The van der Waals surface area contributed by atoms with Crippen molar-refractivity contribution in [3.63, 3.8) is 0 Å². The minimum Gasteiger partial charge on any atom is -0.493 e. The molecule has 0 aliphatic heterocycles. The first-order valence-corrected chi connectivity index (χ1v) is 9.07. The highest BCUT2D eigenvalue weighted by Gasteiger charge is 2.19. The number of hydrogen-bond acceptors (Lipinski definition) is 5. The zero-order valence-electron chi connectivity index (χ0n) is 15.4. The van der Waals surface area contributed by atoms with E-state index in [1.54, 1.807) is 6.07 Å². The maximum Gasteiger partial charge on any atom is 0.322 e. The fourth-order valence-corrected chi connectivity index (χ4v) is 3.07. The van der Waals surface area contributed by atoms with E-state index in [0.717, 1.165) is 16.3 Å². The second kappa shape index (κ2) is 7.92. The highest BCUT2D eigenvalue weighted by atomic mass is 16.5. The number of anilines is 1. The lowest BCUT2D eigenvalue weighted by Gasteiger charge is -2.12. The summed E-state index contributed by atoms with van der Waals surface area (Å²) in [4.78, 5) is 13.0. The molecule has 0 atom stereocenters. The van der Waals surface area contributed by atoms with Crippen LogP contribution >= 0.6 is 0 Å². The number of carbonyl (C=O) groups is 1. The standard InChI is InChI=1S/C22H19N3O3/c1-2-27-18-13-12-16-10-6-7-11-17(16)20(18)21(26)23-22-25-24-19(28-22)14-15-8-4-3-5-9-15/h3-13H,2,14H2,1H3,(H,23,25,26). The predicted octanol–water partition coefficient (Wildman–Crippen LogP) is 4.46. The lowest BCUT2D eigenvalue weighted by molar-refractivity contribution is 0.102. The van der Waals surface area contributed by atoms with Crippen LogP contribution in [-0.4, -0.2) is 22.7 Å². The fourth-order valence-electron chi connectivity index (χ4n) is 3.07. The number of hydrogen-bond donors (Lipinski definition) is 1. The van der Waals surface area contributed by atoms with Gasteiger partial charge in [-0.1, -0.05) is 65.8 Å². The largest absolute Gasteiger partial charge is 0.493 e. The predicted molar refractivity (Wildman–Crippen MR) is 107 cm³/mol. The highest BCUT2D eigenvalue weighted by Crippen LogP contribution is 2.29. The first-order chi connectivity index (χ1) is 13.7. The van der Waals surface area contributed by atoms with Crippen molar-refractivity contribution in [2.45, 2.75) is 13.3 Å². The Morgan fingerprint density at radius 1 is 1.00 bits per heavy atom. The van der Waals surface area contributed by atoms with E-state index in [1.165, 1.54) is 0 Å². The molecular weight excluding hydrogens is 354 g/mol. The van der Waals surface area contributed by atoms with Crippen LogP contribution in [0, 0.1) is 0 Å². The number of ether oxygens (including phenoxy) is 1. The lowest BCUT2D eigenvalue weighted by atomic mass is 10.0. The molecule has 4 aromatic rings. The molecule has 0 spiro atoms. The van der Waals surface area contributed by atoms with Crippen molar-refractivity contribution in [1.29, 1.82) is 0 Å². The number of fused-ring (bicyclic) bond motifs is 1. The zero-order valence-corrected chi connectivity index (χ0v) is 15.4. The van der Waals surface area contributed by atoms with Crippen LogP contribution in [0.2, 0.25) is 0 Å². The molecule has 0 radical (unpaired) electrons. The minimum absolute atomic E-state index is 0.0614. The Kier molecular flexibility index (Phi) is 5.01. The Labute approximate surface area is 162 Å². The Morgan fingerprint density at radius 3 is 2.61 bits per heavy atom. The maximum absolute atomic E-state index is 13.0. The van der Waals surface area contributed by atoms with Crippen LogP contribution in [0.15, 0.2) is 71.1 Å². The van der Waals surface area contributed by atoms with Gasteiger partial charge in [-0.3, -0.25) is 10.1 Å². The van der Waals surface area contributed by atoms with Crippen LogP contribution < -0.4 is 10.1 Å². The third kappa shape index (κ3) is 3.71. The number of nitrogens with one attached hydrogen (secondary N) is 1. The molecule has 0 bridgehead atoms. The van der Waals surface area contributed by atoms with Gasteiger partial charge in [0.15, 0.2) is 0 Å². The third-order valence-corrected chi connectivity index (χ3v) is 4.30. The summed E-state index contributed by atoms with van der Waals surface area (Å²) in [5, 5.41) is 12.4. The van der Waals surface area contributed by atoms with Crippen molar-refractivity contribution in [3.05, 3.63) is 83.7 Å². The number of amides is 1. The second-order valence-corrected chi connectivity index (χ2v) is 6.21. The van der Waals surface area contributed by atoms with Crippen LogP contribution in [0.5, 0.6) is 5.75 Å². The maximum atomic E-state index is 13.0. The van der Waals surface area contributed by atoms with E-state index >= 15 is 0 Å². The monoisotopic (exact) mass is 373 g/mol. The Bertz CT molecular complexity index is 1110. The molecule has 6 heteroatoms. The minimum atomic E-state index is -0.352. The summed E-state index contributed by atoms with van der Waals surface area (Å²) in [6.45, 7) is 2.34. The van der Waals surface area contributed by atoms with Crippen LogP contribution in [0.25, 0.3) is 10.8 Å². The van der Waals surface area contributed by atoms with E-state index in [-0.39, 0.29) is 11.9 Å². The topological polar surface area (TPSA) is 77.2 Å². The summed E-state index contributed by atoms with van der Waals surface area (Å²) >= 11 is 0. The van der Waals surface area contributed by atoms with E-state index in [4.69, 9.17) is 9.15 Å². The molecule has 0 fully saturated rings. The molecule has 1 heterocycles.